The van der Waals surface area contributed by atoms with Crippen LogP contribution in [0.3, 0.4) is 0 Å². The second-order valence-corrected chi connectivity index (χ2v) is 6.09. The van der Waals surface area contributed by atoms with E-state index >= 15 is 0 Å². The van der Waals surface area contributed by atoms with Gasteiger partial charge in [0.15, 0.2) is 0 Å². The molecule has 0 radical (unpaired) electrons. The van der Waals surface area contributed by atoms with Crippen LogP contribution in [0.1, 0.15) is 31.0 Å². The van der Waals surface area contributed by atoms with Crippen molar-refractivity contribution in [2.75, 3.05) is 11.9 Å². The summed E-state index contributed by atoms with van der Waals surface area (Å²) in [6, 6.07) is 19.7. The Hall–Kier alpha value is -2.64. The van der Waals surface area contributed by atoms with E-state index in [1.807, 2.05) is 42.5 Å². The van der Waals surface area contributed by atoms with Crippen LogP contribution in [0, 0.1) is 17.2 Å². The molecular weight excluding hydrogens is 298 g/mol. The first-order valence-corrected chi connectivity index (χ1v) is 8.14. The van der Waals surface area contributed by atoms with Gasteiger partial charge in [0.2, 0.25) is 5.91 Å². The molecule has 2 rings (SSSR count). The highest BCUT2D eigenvalue weighted by atomic mass is 16.1. The van der Waals surface area contributed by atoms with E-state index < -0.39 is 0 Å². The summed E-state index contributed by atoms with van der Waals surface area (Å²) in [5.74, 6) is 0.301. The molecule has 0 aliphatic rings. The maximum Gasteiger partial charge on any atom is 0.238 e. The molecule has 0 aliphatic carbocycles. The Bertz CT molecular complexity index is 687. The lowest BCUT2D eigenvalue weighted by molar-refractivity contribution is -0.115. The van der Waals surface area contributed by atoms with E-state index in [2.05, 4.69) is 42.7 Å². The molecule has 4 nitrogen and oxygen atoms in total. The Kier molecular flexibility index (Phi) is 6.53. The maximum atomic E-state index is 12.2. The smallest absolute Gasteiger partial charge is 0.238 e. The number of benzene rings is 2. The van der Waals surface area contributed by atoms with Crippen molar-refractivity contribution in [3.05, 3.63) is 65.7 Å². The number of hydrogen-bond donors (Lipinski definition) is 2. The molecule has 1 amide bonds. The van der Waals surface area contributed by atoms with Crippen molar-refractivity contribution in [1.29, 1.82) is 5.26 Å². The molecule has 0 unspecified atom stereocenters. The predicted octanol–water partition coefficient (Wildman–Crippen LogP) is 3.68. The molecule has 124 valence electrons. The van der Waals surface area contributed by atoms with Crippen molar-refractivity contribution in [1.82, 2.24) is 5.32 Å². The second-order valence-electron chi connectivity index (χ2n) is 6.09. The predicted molar refractivity (Wildman–Crippen MR) is 96.4 cm³/mol. The molecule has 4 heteroatoms. The van der Waals surface area contributed by atoms with E-state index in [0.29, 0.717) is 12.3 Å². The highest BCUT2D eigenvalue weighted by Crippen LogP contribution is 2.21. The fraction of sp³-hybridized carbons (Fsp3) is 0.300. The molecule has 0 aliphatic heterocycles. The van der Waals surface area contributed by atoms with Crippen molar-refractivity contribution in [2.45, 2.75) is 26.3 Å². The number of rotatable bonds is 7. The van der Waals surface area contributed by atoms with Crippen LogP contribution in [-0.4, -0.2) is 12.5 Å². The van der Waals surface area contributed by atoms with Gasteiger partial charge >= 0.3 is 0 Å². The van der Waals surface area contributed by atoms with Crippen LogP contribution in [-0.2, 0) is 11.2 Å². The van der Waals surface area contributed by atoms with Gasteiger partial charge in [0, 0.05) is 11.7 Å². The van der Waals surface area contributed by atoms with Gasteiger partial charge in [-0.1, -0.05) is 56.3 Å². The summed E-state index contributed by atoms with van der Waals surface area (Å²) in [6.07, 6.45) is 0.378. The number of anilines is 1. The molecule has 1 atom stereocenters. The number of carbonyl (C=O) groups excluding carboxylic acids is 1. The first-order valence-electron chi connectivity index (χ1n) is 8.14. The third kappa shape index (κ3) is 5.22. The van der Waals surface area contributed by atoms with Crippen molar-refractivity contribution in [3.8, 4) is 6.07 Å². The Labute approximate surface area is 143 Å². The van der Waals surface area contributed by atoms with Crippen molar-refractivity contribution < 1.29 is 4.79 Å². The summed E-state index contributed by atoms with van der Waals surface area (Å²) in [4.78, 5) is 12.2. The molecule has 2 aromatic rings. The topological polar surface area (TPSA) is 64.9 Å². The summed E-state index contributed by atoms with van der Waals surface area (Å²) in [6.45, 7) is 4.52. The van der Waals surface area contributed by atoms with E-state index in [-0.39, 0.29) is 18.5 Å². The largest absolute Gasteiger partial charge is 0.325 e. The summed E-state index contributed by atoms with van der Waals surface area (Å²) < 4.78 is 0. The van der Waals surface area contributed by atoms with E-state index in [9.17, 15) is 4.79 Å². The number of amides is 1. The zero-order valence-electron chi connectivity index (χ0n) is 14.1. The third-order valence-electron chi connectivity index (χ3n) is 3.83. The molecule has 0 bridgehead atoms. The van der Waals surface area contributed by atoms with E-state index in [1.165, 1.54) is 5.56 Å². The van der Waals surface area contributed by atoms with Gasteiger partial charge in [0.1, 0.15) is 0 Å². The van der Waals surface area contributed by atoms with Crippen molar-refractivity contribution in [3.63, 3.8) is 0 Å². The minimum atomic E-state index is -0.0791. The number of nitrogens with one attached hydrogen (secondary N) is 2. The van der Waals surface area contributed by atoms with E-state index in [1.54, 1.807) is 0 Å². The van der Waals surface area contributed by atoms with Crippen molar-refractivity contribution in [2.24, 2.45) is 5.92 Å². The zero-order chi connectivity index (χ0) is 17.4. The Morgan fingerprint density at radius 2 is 1.75 bits per heavy atom. The van der Waals surface area contributed by atoms with Gasteiger partial charge < -0.3 is 10.6 Å². The van der Waals surface area contributed by atoms with Gasteiger partial charge in [0.25, 0.3) is 0 Å². The van der Waals surface area contributed by atoms with Crippen LogP contribution in [0.25, 0.3) is 0 Å². The zero-order valence-corrected chi connectivity index (χ0v) is 14.1. The summed E-state index contributed by atoms with van der Waals surface area (Å²) in [5.41, 5.74) is 2.86. The fourth-order valence-corrected chi connectivity index (χ4v) is 2.60. The normalized spacial score (nSPS) is 11.8. The maximum absolute atomic E-state index is 12.2. The lowest BCUT2D eigenvalue weighted by Crippen LogP contribution is -2.33. The first-order chi connectivity index (χ1) is 11.6. The van der Waals surface area contributed by atoms with Gasteiger partial charge in [-0.15, -0.1) is 0 Å². The first kappa shape index (κ1) is 17.7. The monoisotopic (exact) mass is 321 g/mol. The lowest BCUT2D eigenvalue weighted by atomic mass is 9.96. The summed E-state index contributed by atoms with van der Waals surface area (Å²) >= 11 is 0. The van der Waals surface area contributed by atoms with Crippen molar-refractivity contribution >= 4 is 11.6 Å². The van der Waals surface area contributed by atoms with Gasteiger partial charge in [0.05, 0.1) is 19.0 Å². The Morgan fingerprint density at radius 3 is 2.33 bits per heavy atom. The summed E-state index contributed by atoms with van der Waals surface area (Å²) in [5, 5.41) is 14.9. The molecule has 24 heavy (non-hydrogen) atoms. The molecule has 2 N–H and O–H groups in total. The second kappa shape index (κ2) is 8.85. The van der Waals surface area contributed by atoms with Crippen LogP contribution in [0.5, 0.6) is 0 Å². The highest BCUT2D eigenvalue weighted by molar-refractivity contribution is 5.92. The van der Waals surface area contributed by atoms with Crippen LogP contribution in [0.15, 0.2) is 54.6 Å². The summed E-state index contributed by atoms with van der Waals surface area (Å²) in [7, 11) is 0. The van der Waals surface area contributed by atoms with Crippen LogP contribution < -0.4 is 10.6 Å². The van der Waals surface area contributed by atoms with Crippen LogP contribution >= 0.6 is 0 Å². The molecule has 0 aromatic heterocycles. The standard InChI is InChI=1S/C20H23N3O/c1-15(2)20(17-6-4-3-5-7-17)22-14-19(24)23-18-10-8-16(9-11-18)12-13-21/h3-11,15,20,22H,12,14H2,1-2H3,(H,23,24)/t20-/m1/s1. The average Bonchev–Trinajstić information content (AvgIpc) is 2.58. The van der Waals surface area contributed by atoms with Gasteiger partial charge in [-0.25, -0.2) is 0 Å². The molecular formula is C20H23N3O. The van der Waals surface area contributed by atoms with Crippen LogP contribution in [0.4, 0.5) is 5.69 Å². The van der Waals surface area contributed by atoms with Crippen LogP contribution in [0.2, 0.25) is 0 Å². The molecule has 0 fully saturated rings. The minimum Gasteiger partial charge on any atom is -0.325 e. The quantitative estimate of drug-likeness (QED) is 0.817. The Morgan fingerprint density at radius 1 is 1.08 bits per heavy atom. The third-order valence-corrected chi connectivity index (χ3v) is 3.83. The number of hydrogen-bond acceptors (Lipinski definition) is 3. The fourth-order valence-electron chi connectivity index (χ4n) is 2.60. The molecule has 0 spiro atoms. The highest BCUT2D eigenvalue weighted by Gasteiger charge is 2.16. The molecule has 2 aromatic carbocycles. The average molecular weight is 321 g/mol. The van der Waals surface area contributed by atoms with E-state index in [4.69, 9.17) is 5.26 Å². The van der Waals surface area contributed by atoms with Gasteiger partial charge in [-0.3, -0.25) is 4.79 Å². The van der Waals surface area contributed by atoms with E-state index in [0.717, 1.165) is 11.3 Å². The molecule has 0 saturated carbocycles. The SMILES string of the molecule is CC(C)[C@@H](NCC(=O)Nc1ccc(CC#N)cc1)c1ccccc1. The number of carbonyl (C=O) groups is 1. The molecule has 0 heterocycles. The Balaban J connectivity index is 1.90. The number of nitrogens with zero attached hydrogens (tertiary/aromatic N) is 1. The van der Waals surface area contributed by atoms with Gasteiger partial charge in [-0.05, 0) is 29.2 Å². The lowest BCUT2D eigenvalue weighted by Gasteiger charge is -2.22. The molecule has 0 saturated heterocycles. The van der Waals surface area contributed by atoms with Gasteiger partial charge in [-0.2, -0.15) is 5.26 Å². The minimum absolute atomic E-state index is 0.0791. The number of nitriles is 1.